The number of carbonyl (C=O) groups excluding carboxylic acids is 2. The van der Waals surface area contributed by atoms with Crippen LogP contribution in [-0.2, 0) is 11.3 Å². The molecule has 5 heteroatoms. The average Bonchev–Trinajstić information content (AvgIpc) is 2.88. The molecule has 0 heterocycles. The lowest BCUT2D eigenvalue weighted by Crippen LogP contribution is -2.20. The van der Waals surface area contributed by atoms with Crippen LogP contribution in [0.3, 0.4) is 0 Å². The monoisotopic (exact) mass is 500 g/mol. The molecule has 1 atom stereocenters. The third-order valence-corrected chi connectivity index (χ3v) is 5.56. The van der Waals surface area contributed by atoms with Crippen molar-refractivity contribution in [2.24, 2.45) is 0 Å². The molecule has 0 saturated heterocycles. The van der Waals surface area contributed by atoms with Crippen LogP contribution in [0.1, 0.15) is 37.9 Å². The zero-order valence-corrected chi connectivity index (χ0v) is 19.3. The van der Waals surface area contributed by atoms with E-state index in [0.717, 1.165) is 15.8 Å². The fourth-order valence-electron chi connectivity index (χ4n) is 3.26. The van der Waals surface area contributed by atoms with Crippen LogP contribution in [-0.4, -0.2) is 11.8 Å². The van der Waals surface area contributed by atoms with E-state index in [1.54, 1.807) is 48.5 Å². The maximum Gasteiger partial charge on any atom is 0.339 e. The first-order chi connectivity index (χ1) is 16.1. The van der Waals surface area contributed by atoms with E-state index in [9.17, 15) is 9.59 Å². The summed E-state index contributed by atoms with van der Waals surface area (Å²) >= 11 is 3.40. The fraction of sp³-hybridized carbons (Fsp3) is 0.0714. The largest absolute Gasteiger partial charge is 0.489 e. The highest BCUT2D eigenvalue weighted by Gasteiger charge is 2.26. The Morgan fingerprint density at radius 1 is 0.697 bits per heavy atom. The molecule has 4 aromatic rings. The zero-order chi connectivity index (χ0) is 23.0. The van der Waals surface area contributed by atoms with E-state index in [4.69, 9.17) is 9.47 Å². The first-order valence-electron chi connectivity index (χ1n) is 10.4. The molecule has 0 aliphatic rings. The van der Waals surface area contributed by atoms with E-state index in [1.807, 2.05) is 60.7 Å². The van der Waals surface area contributed by atoms with Crippen LogP contribution in [0, 0.1) is 0 Å². The second kappa shape index (κ2) is 10.7. The van der Waals surface area contributed by atoms with Crippen molar-refractivity contribution >= 4 is 27.7 Å². The predicted molar refractivity (Wildman–Crippen MR) is 130 cm³/mol. The van der Waals surface area contributed by atoms with Gasteiger partial charge < -0.3 is 9.47 Å². The molecular weight excluding hydrogens is 480 g/mol. The van der Waals surface area contributed by atoms with Crippen LogP contribution in [0.15, 0.2) is 114 Å². The van der Waals surface area contributed by atoms with Gasteiger partial charge in [-0.25, -0.2) is 4.79 Å². The topological polar surface area (TPSA) is 52.6 Å². The summed E-state index contributed by atoms with van der Waals surface area (Å²) in [6.07, 6.45) is -1.03. The molecular formula is C28H21BrO4. The van der Waals surface area contributed by atoms with Crippen LogP contribution in [0.5, 0.6) is 5.75 Å². The fourth-order valence-corrected chi connectivity index (χ4v) is 3.53. The molecule has 0 amide bonds. The third kappa shape index (κ3) is 5.96. The van der Waals surface area contributed by atoms with Gasteiger partial charge in [-0.15, -0.1) is 0 Å². The second-order valence-corrected chi connectivity index (χ2v) is 8.28. The smallest absolute Gasteiger partial charge is 0.339 e. The van der Waals surface area contributed by atoms with Crippen molar-refractivity contribution in [3.05, 3.63) is 136 Å². The van der Waals surface area contributed by atoms with Crippen molar-refractivity contribution in [2.75, 3.05) is 0 Å². The summed E-state index contributed by atoms with van der Waals surface area (Å²) in [6, 6.07) is 32.4. The van der Waals surface area contributed by atoms with E-state index >= 15 is 0 Å². The lowest BCUT2D eigenvalue weighted by Gasteiger charge is -2.17. The van der Waals surface area contributed by atoms with Gasteiger partial charge in [-0.1, -0.05) is 88.7 Å². The number of hydrogen-bond acceptors (Lipinski definition) is 4. The molecule has 0 fully saturated rings. The van der Waals surface area contributed by atoms with Gasteiger partial charge in [0.1, 0.15) is 12.4 Å². The number of benzene rings is 4. The lowest BCUT2D eigenvalue weighted by molar-refractivity contribution is 0.0280. The number of esters is 1. The standard InChI is InChI=1S/C28H21BrO4/c29-24-15-17-25(18-16-24)32-19-20-11-13-23(14-12-20)28(31)33-27(22-9-5-2-6-10-22)26(30)21-7-3-1-4-8-21/h1-18,27H,19H2/t27-/m1/s1. The summed E-state index contributed by atoms with van der Waals surface area (Å²) < 4.78 is 12.4. The van der Waals surface area contributed by atoms with E-state index in [0.29, 0.717) is 23.3 Å². The molecule has 33 heavy (non-hydrogen) atoms. The Hall–Kier alpha value is -3.70. The van der Waals surface area contributed by atoms with Gasteiger partial charge in [-0.2, -0.15) is 0 Å². The Balaban J connectivity index is 1.46. The highest BCUT2D eigenvalue weighted by Crippen LogP contribution is 2.24. The van der Waals surface area contributed by atoms with Crippen molar-refractivity contribution in [3.8, 4) is 5.75 Å². The molecule has 164 valence electrons. The van der Waals surface area contributed by atoms with E-state index < -0.39 is 12.1 Å². The number of Topliss-reactive ketones (excluding diaryl/α,β-unsaturated/α-hetero) is 1. The minimum absolute atomic E-state index is 0.269. The Bertz CT molecular complexity index is 1200. The van der Waals surface area contributed by atoms with E-state index in [2.05, 4.69) is 15.9 Å². The highest BCUT2D eigenvalue weighted by molar-refractivity contribution is 9.10. The Morgan fingerprint density at radius 3 is 1.94 bits per heavy atom. The van der Waals surface area contributed by atoms with Crippen LogP contribution in [0.2, 0.25) is 0 Å². The molecule has 0 N–H and O–H groups in total. The van der Waals surface area contributed by atoms with Crippen LogP contribution in [0.25, 0.3) is 0 Å². The summed E-state index contributed by atoms with van der Waals surface area (Å²) in [5.74, 6) is -0.0741. The van der Waals surface area contributed by atoms with Gasteiger partial charge in [0.25, 0.3) is 0 Å². The van der Waals surface area contributed by atoms with Gasteiger partial charge in [0.15, 0.2) is 6.10 Å². The number of rotatable bonds is 8. The summed E-state index contributed by atoms with van der Waals surface area (Å²) in [5, 5.41) is 0. The number of carbonyl (C=O) groups is 2. The SMILES string of the molecule is O=C(O[C@@H](C(=O)c1ccccc1)c1ccccc1)c1ccc(COc2ccc(Br)cc2)cc1. The molecule has 4 nitrogen and oxygen atoms in total. The van der Waals surface area contributed by atoms with Crippen molar-refractivity contribution in [3.63, 3.8) is 0 Å². The van der Waals surface area contributed by atoms with Crippen LogP contribution in [0.4, 0.5) is 0 Å². The molecule has 4 aromatic carbocycles. The van der Waals surface area contributed by atoms with E-state index in [1.165, 1.54) is 0 Å². The normalized spacial score (nSPS) is 11.4. The number of hydrogen-bond donors (Lipinski definition) is 0. The molecule has 0 radical (unpaired) electrons. The first kappa shape index (κ1) is 22.5. The molecule has 0 saturated carbocycles. The first-order valence-corrected chi connectivity index (χ1v) is 11.2. The number of ether oxygens (including phenoxy) is 2. The highest BCUT2D eigenvalue weighted by atomic mass is 79.9. The van der Waals surface area contributed by atoms with Crippen molar-refractivity contribution in [1.82, 2.24) is 0 Å². The average molecular weight is 501 g/mol. The molecule has 0 unspecified atom stereocenters. The molecule has 0 aliphatic carbocycles. The van der Waals surface area contributed by atoms with E-state index in [-0.39, 0.29) is 5.78 Å². The third-order valence-electron chi connectivity index (χ3n) is 5.03. The predicted octanol–water partition coefficient (Wildman–Crippen LogP) is 6.81. The Morgan fingerprint density at radius 2 is 1.30 bits per heavy atom. The minimum atomic E-state index is -1.03. The van der Waals surface area contributed by atoms with Crippen LogP contribution < -0.4 is 4.74 Å². The van der Waals surface area contributed by atoms with Gasteiger partial charge in [0.2, 0.25) is 5.78 Å². The molecule has 0 spiro atoms. The van der Waals surface area contributed by atoms with Gasteiger partial charge in [0.05, 0.1) is 5.56 Å². The van der Waals surface area contributed by atoms with Crippen molar-refractivity contribution in [1.29, 1.82) is 0 Å². The Labute approximate surface area is 200 Å². The number of ketones is 1. The second-order valence-electron chi connectivity index (χ2n) is 7.37. The number of halogens is 1. The lowest BCUT2D eigenvalue weighted by atomic mass is 9.99. The molecule has 4 rings (SSSR count). The van der Waals surface area contributed by atoms with Crippen LogP contribution >= 0.6 is 15.9 Å². The minimum Gasteiger partial charge on any atom is -0.489 e. The maximum atomic E-state index is 13.1. The molecule has 0 bridgehead atoms. The zero-order valence-electron chi connectivity index (χ0n) is 17.7. The summed E-state index contributed by atoms with van der Waals surface area (Å²) in [5.41, 5.74) is 2.39. The van der Waals surface area contributed by atoms with Gasteiger partial charge in [0, 0.05) is 15.6 Å². The Kier molecular flexibility index (Phi) is 7.33. The van der Waals surface area contributed by atoms with Gasteiger partial charge in [-0.3, -0.25) is 4.79 Å². The van der Waals surface area contributed by atoms with Gasteiger partial charge >= 0.3 is 5.97 Å². The molecule has 0 aromatic heterocycles. The summed E-state index contributed by atoms with van der Waals surface area (Å²) in [7, 11) is 0. The summed E-state index contributed by atoms with van der Waals surface area (Å²) in [6.45, 7) is 0.371. The van der Waals surface area contributed by atoms with Crippen molar-refractivity contribution < 1.29 is 19.1 Å². The summed E-state index contributed by atoms with van der Waals surface area (Å²) in [4.78, 5) is 26.0. The van der Waals surface area contributed by atoms with Gasteiger partial charge in [-0.05, 0) is 42.0 Å². The maximum absolute atomic E-state index is 13.1. The molecule has 0 aliphatic heterocycles. The quantitative estimate of drug-likeness (QED) is 0.197. The van der Waals surface area contributed by atoms with Crippen molar-refractivity contribution in [2.45, 2.75) is 12.7 Å².